The number of likely N-dealkylation sites (tertiary alicyclic amines) is 1. The van der Waals surface area contributed by atoms with Crippen LogP contribution in [0.3, 0.4) is 0 Å². The van der Waals surface area contributed by atoms with E-state index in [4.69, 9.17) is 5.73 Å². The zero-order valence-electron chi connectivity index (χ0n) is 6.38. The molecule has 0 atom stereocenters. The monoisotopic (exact) mass is 156 g/mol. The van der Waals surface area contributed by atoms with Gasteiger partial charge in [0.2, 0.25) is 5.91 Å². The van der Waals surface area contributed by atoms with Crippen LogP contribution in [0.4, 0.5) is 0 Å². The number of hydrogen-bond acceptors (Lipinski definition) is 3. The minimum absolute atomic E-state index is 0.259. The molecule has 62 valence electrons. The molecule has 0 radical (unpaired) electrons. The lowest BCUT2D eigenvalue weighted by Gasteiger charge is -2.10. The van der Waals surface area contributed by atoms with Gasteiger partial charge in [0.25, 0.3) is 0 Å². The van der Waals surface area contributed by atoms with Crippen molar-refractivity contribution in [3.63, 3.8) is 0 Å². The van der Waals surface area contributed by atoms with Crippen LogP contribution in [0.1, 0.15) is 12.8 Å². The van der Waals surface area contributed by atoms with Gasteiger partial charge in [0, 0.05) is 25.9 Å². The highest BCUT2D eigenvalue weighted by Crippen LogP contribution is 2.03. The maximum atomic E-state index is 10.7. The molecule has 11 heavy (non-hydrogen) atoms. The van der Waals surface area contributed by atoms with Crippen LogP contribution in [0, 0.1) is 0 Å². The van der Waals surface area contributed by atoms with Crippen LogP contribution < -0.4 is 5.73 Å². The third-order valence-electron chi connectivity index (χ3n) is 1.78. The first-order valence-electron chi connectivity index (χ1n) is 3.71. The zero-order chi connectivity index (χ0) is 8.27. The molecule has 1 rings (SSSR count). The summed E-state index contributed by atoms with van der Waals surface area (Å²) in [6, 6.07) is 0. The molecule has 0 aromatic carbocycles. The summed E-state index contributed by atoms with van der Waals surface area (Å²) in [4.78, 5) is 23.0. The molecule has 0 aliphatic carbocycles. The fourth-order valence-corrected chi connectivity index (χ4v) is 1.15. The lowest BCUT2D eigenvalue weighted by atomic mass is 10.4. The lowest BCUT2D eigenvalue weighted by Crippen LogP contribution is -2.26. The van der Waals surface area contributed by atoms with E-state index in [1.54, 1.807) is 0 Å². The van der Waals surface area contributed by atoms with E-state index in [1.165, 1.54) is 0 Å². The highest BCUT2D eigenvalue weighted by atomic mass is 16.1. The molecule has 0 aromatic rings. The van der Waals surface area contributed by atoms with Crippen LogP contribution in [0.25, 0.3) is 0 Å². The third kappa shape index (κ3) is 2.67. The van der Waals surface area contributed by atoms with Crippen LogP contribution in [-0.2, 0) is 9.59 Å². The Labute approximate surface area is 65.3 Å². The second kappa shape index (κ2) is 3.48. The third-order valence-corrected chi connectivity index (χ3v) is 1.78. The maximum absolute atomic E-state index is 10.7. The Morgan fingerprint density at radius 1 is 1.64 bits per heavy atom. The van der Waals surface area contributed by atoms with Gasteiger partial charge in [-0.3, -0.25) is 14.5 Å². The first-order valence-corrected chi connectivity index (χ1v) is 3.71. The first kappa shape index (κ1) is 8.20. The Balaban J connectivity index is 2.18. The van der Waals surface area contributed by atoms with Crippen LogP contribution in [-0.4, -0.2) is 36.2 Å². The predicted octanol–water partition coefficient (Wildman–Crippen LogP) is -0.863. The highest BCUT2D eigenvalue weighted by Gasteiger charge is 2.18. The summed E-state index contributed by atoms with van der Waals surface area (Å²) in [5.41, 5.74) is 4.95. The Bertz CT molecular complexity index is 179. The Hall–Kier alpha value is -0.900. The molecule has 1 heterocycles. The van der Waals surface area contributed by atoms with E-state index in [9.17, 15) is 9.59 Å². The van der Waals surface area contributed by atoms with Crippen molar-refractivity contribution in [1.82, 2.24) is 4.90 Å². The van der Waals surface area contributed by atoms with E-state index >= 15 is 0 Å². The molecule has 0 unspecified atom stereocenters. The van der Waals surface area contributed by atoms with Gasteiger partial charge in [-0.2, -0.15) is 0 Å². The molecule has 0 bridgehead atoms. The van der Waals surface area contributed by atoms with Gasteiger partial charge in [-0.1, -0.05) is 0 Å². The van der Waals surface area contributed by atoms with Crippen molar-refractivity contribution < 1.29 is 9.59 Å². The van der Waals surface area contributed by atoms with Crippen LogP contribution >= 0.6 is 0 Å². The van der Waals surface area contributed by atoms with Gasteiger partial charge in [0.1, 0.15) is 5.78 Å². The van der Waals surface area contributed by atoms with Crippen molar-refractivity contribution in [3.05, 3.63) is 0 Å². The summed E-state index contributed by atoms with van der Waals surface area (Å²) in [6.45, 7) is 1.90. The predicted molar refractivity (Wildman–Crippen MR) is 39.9 cm³/mol. The van der Waals surface area contributed by atoms with Crippen LogP contribution in [0.2, 0.25) is 0 Å². The van der Waals surface area contributed by atoms with E-state index in [-0.39, 0.29) is 11.7 Å². The molecule has 0 aromatic heterocycles. The molecule has 1 aliphatic rings. The molecular weight excluding hydrogens is 144 g/mol. The van der Waals surface area contributed by atoms with E-state index in [0.29, 0.717) is 25.9 Å². The fraction of sp³-hybridized carbons (Fsp3) is 0.714. The van der Waals surface area contributed by atoms with Gasteiger partial charge in [0.15, 0.2) is 0 Å². The zero-order valence-corrected chi connectivity index (χ0v) is 6.38. The number of carbonyl (C=O) groups excluding carboxylic acids is 2. The molecular formula is C7H12N2O2. The molecule has 0 saturated carbocycles. The standard InChI is InChI=1S/C7H12N2O2/c8-7(11)2-4-9-3-1-6(10)5-9/h1-5H2,(H2,8,11). The van der Waals surface area contributed by atoms with Gasteiger partial charge >= 0.3 is 0 Å². The van der Waals surface area contributed by atoms with Crippen molar-refractivity contribution >= 4 is 11.7 Å². The summed E-state index contributed by atoms with van der Waals surface area (Å²) in [6.07, 6.45) is 0.978. The average Bonchev–Trinajstić information content (AvgIpc) is 2.31. The molecule has 1 aliphatic heterocycles. The van der Waals surface area contributed by atoms with E-state index in [1.807, 2.05) is 4.90 Å². The van der Waals surface area contributed by atoms with Crippen molar-refractivity contribution in [3.8, 4) is 0 Å². The molecule has 2 N–H and O–H groups in total. The van der Waals surface area contributed by atoms with Gasteiger partial charge in [-0.05, 0) is 0 Å². The number of amides is 1. The second-order valence-electron chi connectivity index (χ2n) is 2.78. The number of hydrogen-bond donors (Lipinski definition) is 1. The number of nitrogens with two attached hydrogens (primary N) is 1. The summed E-state index contributed by atoms with van der Waals surface area (Å²) in [7, 11) is 0. The molecule has 4 heteroatoms. The van der Waals surface area contributed by atoms with Crippen molar-refractivity contribution in [1.29, 1.82) is 0 Å². The topological polar surface area (TPSA) is 63.4 Å². The number of carbonyl (C=O) groups is 2. The molecule has 1 fully saturated rings. The van der Waals surface area contributed by atoms with Gasteiger partial charge in [0.05, 0.1) is 6.54 Å². The number of nitrogens with zero attached hydrogens (tertiary/aromatic N) is 1. The van der Waals surface area contributed by atoms with Gasteiger partial charge in [-0.15, -0.1) is 0 Å². The summed E-state index contributed by atoms with van der Waals surface area (Å²) >= 11 is 0. The number of primary amides is 1. The van der Waals surface area contributed by atoms with E-state index in [2.05, 4.69) is 0 Å². The minimum atomic E-state index is -0.302. The molecule has 0 spiro atoms. The van der Waals surface area contributed by atoms with Crippen molar-refractivity contribution in [2.45, 2.75) is 12.8 Å². The Morgan fingerprint density at radius 3 is 2.82 bits per heavy atom. The average molecular weight is 156 g/mol. The fourth-order valence-electron chi connectivity index (χ4n) is 1.15. The summed E-state index contributed by atoms with van der Waals surface area (Å²) in [5, 5.41) is 0. The quantitative estimate of drug-likeness (QED) is 0.578. The van der Waals surface area contributed by atoms with Crippen molar-refractivity contribution in [2.24, 2.45) is 5.73 Å². The van der Waals surface area contributed by atoms with Crippen LogP contribution in [0.5, 0.6) is 0 Å². The number of ketones is 1. The molecule has 1 saturated heterocycles. The molecule has 4 nitrogen and oxygen atoms in total. The Kier molecular flexibility index (Phi) is 2.59. The highest BCUT2D eigenvalue weighted by molar-refractivity contribution is 5.82. The summed E-state index contributed by atoms with van der Waals surface area (Å²) < 4.78 is 0. The SMILES string of the molecule is NC(=O)CCN1CCC(=O)C1. The second-order valence-corrected chi connectivity index (χ2v) is 2.78. The van der Waals surface area contributed by atoms with Gasteiger partial charge < -0.3 is 5.73 Å². The van der Waals surface area contributed by atoms with Crippen LogP contribution in [0.15, 0.2) is 0 Å². The first-order chi connectivity index (χ1) is 5.18. The Morgan fingerprint density at radius 2 is 2.36 bits per heavy atom. The van der Waals surface area contributed by atoms with E-state index in [0.717, 1.165) is 6.54 Å². The smallest absolute Gasteiger partial charge is 0.218 e. The summed E-state index contributed by atoms with van der Waals surface area (Å²) in [5.74, 6) is -0.0428. The molecule has 1 amide bonds. The van der Waals surface area contributed by atoms with Crippen molar-refractivity contribution in [2.75, 3.05) is 19.6 Å². The number of rotatable bonds is 3. The lowest BCUT2D eigenvalue weighted by molar-refractivity contribution is -0.119. The maximum Gasteiger partial charge on any atom is 0.218 e. The van der Waals surface area contributed by atoms with Gasteiger partial charge in [-0.25, -0.2) is 0 Å². The van der Waals surface area contributed by atoms with E-state index < -0.39 is 0 Å². The number of Topliss-reactive ketones (excluding diaryl/α,β-unsaturated/α-hetero) is 1. The minimum Gasteiger partial charge on any atom is -0.370 e. The normalized spacial score (nSPS) is 19.1. The largest absolute Gasteiger partial charge is 0.370 e.